The van der Waals surface area contributed by atoms with E-state index in [9.17, 15) is 29.1 Å². The van der Waals surface area contributed by atoms with Gasteiger partial charge in [0.1, 0.15) is 11.6 Å². The van der Waals surface area contributed by atoms with Gasteiger partial charge in [0.05, 0.1) is 17.4 Å². The summed E-state index contributed by atoms with van der Waals surface area (Å²) >= 11 is 0. The Morgan fingerprint density at radius 3 is 2.18 bits per heavy atom. The van der Waals surface area contributed by atoms with Gasteiger partial charge in [-0.15, -0.1) is 0 Å². The average Bonchev–Trinajstić information content (AvgIpc) is 3.65. The molecule has 0 saturated heterocycles. The highest BCUT2D eigenvalue weighted by Crippen LogP contribution is 2.76. The largest absolute Gasteiger partial charge is 0.481 e. The molecule has 1 aromatic rings. The number of allylic oxidation sites excluding steroid dienone is 1. The first-order chi connectivity index (χ1) is 26.3. The second-order valence-electron chi connectivity index (χ2n) is 22.0. The van der Waals surface area contributed by atoms with Crippen LogP contribution in [0.15, 0.2) is 23.5 Å². The molecule has 11 heteroatoms. The van der Waals surface area contributed by atoms with E-state index in [0.717, 1.165) is 56.1 Å². The number of esters is 1. The van der Waals surface area contributed by atoms with Gasteiger partial charge in [-0.05, 0) is 128 Å². The van der Waals surface area contributed by atoms with Crippen molar-refractivity contribution in [3.05, 3.63) is 29.4 Å². The number of ether oxygens (including phenoxy) is 1. The number of carbonyl (C=O) groups is 5. The molecular weight excluding hydrogens is 721 g/mol. The first-order valence-electron chi connectivity index (χ1n) is 21.6. The third-order valence-electron chi connectivity index (χ3n) is 17.8. The zero-order valence-corrected chi connectivity index (χ0v) is 36.6. The molecule has 11 nitrogen and oxygen atoms in total. The van der Waals surface area contributed by atoms with Gasteiger partial charge < -0.3 is 25.0 Å². The fourth-order valence-corrected chi connectivity index (χ4v) is 14.3. The van der Waals surface area contributed by atoms with Crippen molar-refractivity contribution in [1.82, 2.24) is 20.2 Å². The highest BCUT2D eigenvalue weighted by molar-refractivity contribution is 6.03. The Hall–Kier alpha value is -3.50. The van der Waals surface area contributed by atoms with Crippen LogP contribution in [-0.2, 0) is 31.0 Å². The molecule has 0 aromatic carbocycles. The van der Waals surface area contributed by atoms with Crippen molar-refractivity contribution in [2.75, 3.05) is 0 Å². The van der Waals surface area contributed by atoms with E-state index >= 15 is 0 Å². The molecule has 0 bridgehead atoms. The van der Waals surface area contributed by atoms with Gasteiger partial charge in [-0.3, -0.25) is 24.0 Å². The van der Waals surface area contributed by atoms with E-state index in [2.05, 4.69) is 64.1 Å². The van der Waals surface area contributed by atoms with Crippen molar-refractivity contribution in [1.29, 1.82) is 0 Å². The molecule has 5 saturated carbocycles. The molecular formula is C46H68N4O7. The Balaban J connectivity index is 1.14. The average molecular weight is 789 g/mol. The first kappa shape index (κ1) is 41.7. The number of fused-ring (bicyclic) bond motifs is 7. The van der Waals surface area contributed by atoms with E-state index in [1.165, 1.54) is 0 Å². The summed E-state index contributed by atoms with van der Waals surface area (Å²) < 4.78 is 8.03. The molecule has 314 valence electrons. The van der Waals surface area contributed by atoms with Crippen molar-refractivity contribution in [3.8, 4) is 0 Å². The van der Waals surface area contributed by atoms with Crippen LogP contribution in [0, 0.1) is 62.6 Å². The zero-order valence-electron chi connectivity index (χ0n) is 36.6. The van der Waals surface area contributed by atoms with Crippen molar-refractivity contribution < 1.29 is 33.8 Å². The molecule has 6 aliphatic carbocycles. The predicted octanol–water partition coefficient (Wildman–Crippen LogP) is 7.44. The van der Waals surface area contributed by atoms with Crippen LogP contribution in [-0.4, -0.2) is 61.4 Å². The highest BCUT2D eigenvalue weighted by Gasteiger charge is 2.71. The first-order valence-corrected chi connectivity index (χ1v) is 21.6. The molecule has 5 fully saturated rings. The summed E-state index contributed by atoms with van der Waals surface area (Å²) in [6.45, 7) is 23.5. The molecule has 0 spiro atoms. The van der Waals surface area contributed by atoms with Gasteiger partial charge in [0.25, 0.3) is 5.91 Å². The van der Waals surface area contributed by atoms with Gasteiger partial charge >= 0.3 is 11.9 Å². The standard InChI is InChI=1S/C46H68N4O7/c1-25(2)33-29(51)24-46(49-39(56)42(7,8)48-36(52)35-47-21-22-50(35)12)20-19-44(10)26(34(33)46)13-14-31-43(9)17-16-32(41(5,6)30(43)15-18-45(31,44)11)57-38(55)28-23-27(37(53)54)40(28,3)4/h21-22,25-28,30-32H,13-20,23-24H2,1-12H3,(H,48,52)(H,49,56)(H,53,54)/t26-,27+,28-,30+,31-,32+,43+,44-,45-,46-/m1/s1. The van der Waals surface area contributed by atoms with Crippen LogP contribution in [0.1, 0.15) is 151 Å². The molecule has 0 unspecified atom stereocenters. The second kappa shape index (κ2) is 13.3. The lowest BCUT2D eigenvalue weighted by Gasteiger charge is -2.72. The Kier molecular flexibility index (Phi) is 9.68. The number of Topliss-reactive ketones (excluding diaryl/α,β-unsaturated/α-hetero) is 1. The molecule has 1 aromatic heterocycles. The number of carbonyl (C=O) groups excluding carboxylic acids is 4. The van der Waals surface area contributed by atoms with Crippen molar-refractivity contribution in [2.24, 2.45) is 69.6 Å². The number of nitrogens with one attached hydrogen (secondary N) is 2. The minimum absolute atomic E-state index is 0.0165. The fourth-order valence-electron chi connectivity index (χ4n) is 14.3. The Labute approximate surface area is 339 Å². The normalized spacial score (nSPS) is 39.2. The summed E-state index contributed by atoms with van der Waals surface area (Å²) in [5.74, 6) is -1.48. The number of hydrogen-bond donors (Lipinski definition) is 3. The third-order valence-corrected chi connectivity index (χ3v) is 17.8. The topological polar surface area (TPSA) is 157 Å². The number of ketones is 1. The monoisotopic (exact) mass is 789 g/mol. The van der Waals surface area contributed by atoms with Gasteiger partial charge in [-0.25, -0.2) is 4.98 Å². The molecule has 2 amide bonds. The number of hydrogen-bond acceptors (Lipinski definition) is 7. The van der Waals surface area contributed by atoms with Crippen LogP contribution in [0.3, 0.4) is 0 Å². The van der Waals surface area contributed by atoms with Gasteiger partial charge in [0, 0.05) is 31.3 Å². The summed E-state index contributed by atoms with van der Waals surface area (Å²) in [7, 11) is 1.74. The second-order valence-corrected chi connectivity index (χ2v) is 22.0. The summed E-state index contributed by atoms with van der Waals surface area (Å²) in [6.07, 6.45) is 10.9. The number of rotatable bonds is 8. The number of imidazole rings is 1. The van der Waals surface area contributed by atoms with E-state index in [0.29, 0.717) is 24.7 Å². The molecule has 3 N–H and O–H groups in total. The lowest BCUT2D eigenvalue weighted by Crippen LogP contribution is -2.68. The number of amides is 2. The fraction of sp³-hybridized carbons (Fsp3) is 0.783. The number of aliphatic carboxylic acids is 1. The number of nitrogens with zero attached hydrogens (tertiary/aromatic N) is 2. The summed E-state index contributed by atoms with van der Waals surface area (Å²) in [4.78, 5) is 71.3. The van der Waals surface area contributed by atoms with E-state index in [1.54, 1.807) is 37.9 Å². The van der Waals surface area contributed by atoms with Crippen LogP contribution in [0.4, 0.5) is 0 Å². The quantitative estimate of drug-likeness (QED) is 0.230. The lowest BCUT2D eigenvalue weighted by molar-refractivity contribution is -0.235. The van der Waals surface area contributed by atoms with E-state index < -0.39 is 40.2 Å². The SMILES string of the molecule is CC(C)C1=C2[C@H]3CC[C@@H]4[C@@]5(C)CC[C@H](OC(=O)[C@H]6C[C@@H](C(=O)O)C6(C)C)C(C)(C)[C@@H]5CC[C@@]4(C)[C@]3(C)CC[C@@]2(NC(=O)C(C)(C)NC(=O)c2nccn2C)CC1=O. The van der Waals surface area contributed by atoms with Gasteiger partial charge in [0.2, 0.25) is 5.91 Å². The van der Waals surface area contributed by atoms with Crippen LogP contribution in [0.25, 0.3) is 0 Å². The van der Waals surface area contributed by atoms with Gasteiger partial charge in [-0.1, -0.05) is 62.3 Å². The van der Waals surface area contributed by atoms with E-state index in [1.807, 2.05) is 13.8 Å². The number of carboxylic acids is 1. The van der Waals surface area contributed by atoms with Gasteiger partial charge in [0.15, 0.2) is 11.6 Å². The zero-order chi connectivity index (χ0) is 42.1. The molecule has 0 radical (unpaired) electrons. The Bertz CT molecular complexity index is 1920. The van der Waals surface area contributed by atoms with Crippen LogP contribution >= 0.6 is 0 Å². The van der Waals surface area contributed by atoms with Gasteiger partial charge in [-0.2, -0.15) is 0 Å². The summed E-state index contributed by atoms with van der Waals surface area (Å²) in [5.41, 5.74) is -1.00. The number of aryl methyl sites for hydroxylation is 1. The maximum absolute atomic E-state index is 14.3. The molecule has 6 aliphatic rings. The highest BCUT2D eigenvalue weighted by atomic mass is 16.5. The Morgan fingerprint density at radius 2 is 1.58 bits per heavy atom. The van der Waals surface area contributed by atoms with Crippen LogP contribution < -0.4 is 10.6 Å². The van der Waals surface area contributed by atoms with Crippen molar-refractivity contribution >= 4 is 29.5 Å². The number of carboxylic acid groups (broad SMARTS) is 1. The maximum atomic E-state index is 14.3. The smallest absolute Gasteiger partial charge is 0.309 e. The molecule has 57 heavy (non-hydrogen) atoms. The maximum Gasteiger partial charge on any atom is 0.309 e. The lowest BCUT2D eigenvalue weighted by atomic mass is 9.33. The van der Waals surface area contributed by atoms with E-state index in [-0.39, 0.29) is 69.5 Å². The third kappa shape index (κ3) is 5.91. The Morgan fingerprint density at radius 1 is 0.895 bits per heavy atom. The summed E-state index contributed by atoms with van der Waals surface area (Å²) in [6, 6.07) is 0. The van der Waals surface area contributed by atoms with Crippen molar-refractivity contribution in [3.63, 3.8) is 0 Å². The van der Waals surface area contributed by atoms with Crippen LogP contribution in [0.2, 0.25) is 0 Å². The van der Waals surface area contributed by atoms with E-state index in [4.69, 9.17) is 4.74 Å². The minimum Gasteiger partial charge on any atom is -0.481 e. The van der Waals surface area contributed by atoms with Crippen LogP contribution in [0.5, 0.6) is 0 Å². The number of aromatic nitrogens is 2. The molecule has 1 heterocycles. The molecule has 7 rings (SSSR count). The minimum atomic E-state index is -1.25. The molecule has 10 atom stereocenters. The molecule has 0 aliphatic heterocycles. The summed E-state index contributed by atoms with van der Waals surface area (Å²) in [5, 5.41) is 16.0. The van der Waals surface area contributed by atoms with Crippen molar-refractivity contribution in [2.45, 2.75) is 158 Å². The predicted molar refractivity (Wildman–Crippen MR) is 216 cm³/mol.